The van der Waals surface area contributed by atoms with Crippen LogP contribution < -0.4 is 11.1 Å². The predicted molar refractivity (Wildman–Crippen MR) is 110 cm³/mol. The lowest BCUT2D eigenvalue weighted by Gasteiger charge is -2.34. The number of rotatable bonds is 7. The highest BCUT2D eigenvalue weighted by Gasteiger charge is 2.47. The molecule has 1 fully saturated rings. The normalized spacial score (nSPS) is 19.8. The van der Waals surface area contributed by atoms with Gasteiger partial charge in [-0.1, -0.05) is 13.8 Å². The summed E-state index contributed by atoms with van der Waals surface area (Å²) in [4.78, 5) is 64.8. The topological polar surface area (TPSA) is 139 Å². The number of nitrogens with two attached hydrogens (primary N) is 1. The Labute approximate surface area is 179 Å². The zero-order chi connectivity index (χ0) is 22.9. The Kier molecular flexibility index (Phi) is 6.40. The number of anilines is 1. The lowest BCUT2D eigenvalue weighted by Crippen LogP contribution is -2.56. The summed E-state index contributed by atoms with van der Waals surface area (Å²) in [5, 5.41) is 2.86. The first-order valence-electron chi connectivity index (χ1n) is 10.1. The molecule has 2 aliphatic heterocycles. The second-order valence-electron chi connectivity index (χ2n) is 7.90. The maximum absolute atomic E-state index is 13.0. The lowest BCUT2D eigenvalue weighted by atomic mass is 10.0. The number of amides is 4. The molecule has 0 spiro atoms. The maximum Gasteiger partial charge on any atom is 0.323 e. The van der Waals surface area contributed by atoms with Gasteiger partial charge in [-0.2, -0.15) is 0 Å². The van der Waals surface area contributed by atoms with Crippen LogP contribution in [0.4, 0.5) is 5.69 Å². The van der Waals surface area contributed by atoms with Gasteiger partial charge in [0.15, 0.2) is 0 Å². The van der Waals surface area contributed by atoms with Crippen molar-refractivity contribution in [3.63, 3.8) is 0 Å². The zero-order valence-corrected chi connectivity index (χ0v) is 17.7. The minimum absolute atomic E-state index is 0.00277. The van der Waals surface area contributed by atoms with Crippen molar-refractivity contribution in [3.8, 4) is 0 Å². The summed E-state index contributed by atoms with van der Waals surface area (Å²) in [5.41, 5.74) is 6.36. The van der Waals surface area contributed by atoms with E-state index in [0.29, 0.717) is 5.69 Å². The van der Waals surface area contributed by atoms with Crippen molar-refractivity contribution in [1.82, 2.24) is 15.1 Å². The van der Waals surface area contributed by atoms with Crippen LogP contribution in [0.2, 0.25) is 0 Å². The van der Waals surface area contributed by atoms with Gasteiger partial charge in [0.1, 0.15) is 18.7 Å². The third-order valence-corrected chi connectivity index (χ3v) is 5.53. The largest absolute Gasteiger partial charge is 0.463 e. The quantitative estimate of drug-likeness (QED) is 0.355. The molecule has 166 valence electrons. The van der Waals surface area contributed by atoms with Gasteiger partial charge in [0.2, 0.25) is 5.91 Å². The number of carbonyl (C=O) groups excluding carboxylic acids is 5. The van der Waals surface area contributed by atoms with E-state index in [1.807, 2.05) is 13.8 Å². The number of likely N-dealkylation sites (tertiary alicyclic amines) is 1. The van der Waals surface area contributed by atoms with E-state index in [4.69, 9.17) is 10.5 Å². The number of ether oxygens (including phenoxy) is 1. The third kappa shape index (κ3) is 4.15. The average Bonchev–Trinajstić information content (AvgIpc) is 2.95. The Bertz CT molecular complexity index is 944. The van der Waals surface area contributed by atoms with Gasteiger partial charge in [-0.15, -0.1) is 0 Å². The fourth-order valence-corrected chi connectivity index (χ4v) is 3.91. The standard InChI is InChI=1S/C21H26N4O6/c1-11(2)17(23-3)21(30)31-9-8-24-16(26)7-6-15(20(24)29)25-18(27)13-5-4-12(22)10-14(13)19(25)28/h4-5,10-11,15,17,23H,6-9,22H2,1-3H3/t15?,17-/m0/s1. The fraction of sp³-hybridized carbons (Fsp3) is 0.476. The Morgan fingerprint density at radius 1 is 1.19 bits per heavy atom. The average molecular weight is 430 g/mol. The number of nitrogens with zero attached hydrogens (tertiary/aromatic N) is 2. The first-order chi connectivity index (χ1) is 14.7. The van der Waals surface area contributed by atoms with Gasteiger partial charge in [-0.3, -0.25) is 33.8 Å². The molecule has 31 heavy (non-hydrogen) atoms. The van der Waals surface area contributed by atoms with Crippen LogP contribution >= 0.6 is 0 Å². The lowest BCUT2D eigenvalue weighted by molar-refractivity contribution is -0.156. The minimum Gasteiger partial charge on any atom is -0.463 e. The molecule has 2 atom stereocenters. The number of nitrogen functional groups attached to an aromatic ring is 1. The van der Waals surface area contributed by atoms with E-state index in [9.17, 15) is 24.0 Å². The van der Waals surface area contributed by atoms with Crippen molar-refractivity contribution in [1.29, 1.82) is 0 Å². The van der Waals surface area contributed by atoms with Gasteiger partial charge >= 0.3 is 5.97 Å². The fourth-order valence-electron chi connectivity index (χ4n) is 3.91. The van der Waals surface area contributed by atoms with E-state index in [0.717, 1.165) is 9.80 Å². The second-order valence-corrected chi connectivity index (χ2v) is 7.90. The molecule has 4 amide bonds. The van der Waals surface area contributed by atoms with Crippen molar-refractivity contribution in [3.05, 3.63) is 29.3 Å². The zero-order valence-electron chi connectivity index (χ0n) is 17.7. The Morgan fingerprint density at radius 2 is 1.87 bits per heavy atom. The molecule has 3 N–H and O–H groups in total. The molecule has 1 aromatic rings. The minimum atomic E-state index is -1.09. The molecular formula is C21H26N4O6. The van der Waals surface area contributed by atoms with Gasteiger partial charge in [0, 0.05) is 12.1 Å². The van der Waals surface area contributed by atoms with E-state index in [-0.39, 0.29) is 43.0 Å². The number of hydrogen-bond acceptors (Lipinski definition) is 8. The summed E-state index contributed by atoms with van der Waals surface area (Å²) in [6.07, 6.45) is 0.0368. The number of carbonyl (C=O) groups is 5. The molecule has 1 aromatic carbocycles. The number of benzene rings is 1. The third-order valence-electron chi connectivity index (χ3n) is 5.53. The second kappa shape index (κ2) is 8.84. The maximum atomic E-state index is 13.0. The number of esters is 1. The molecule has 3 rings (SSSR count). The van der Waals surface area contributed by atoms with Crippen LogP contribution in [0.25, 0.3) is 0 Å². The van der Waals surface area contributed by atoms with Gasteiger partial charge in [-0.05, 0) is 37.6 Å². The van der Waals surface area contributed by atoms with Crippen LogP contribution in [0, 0.1) is 5.92 Å². The van der Waals surface area contributed by atoms with Crippen LogP contribution in [0.15, 0.2) is 18.2 Å². The molecule has 10 nitrogen and oxygen atoms in total. The van der Waals surface area contributed by atoms with Gasteiger partial charge in [0.25, 0.3) is 17.7 Å². The van der Waals surface area contributed by atoms with Crippen LogP contribution in [0.1, 0.15) is 47.4 Å². The van der Waals surface area contributed by atoms with Crippen molar-refractivity contribution in [2.45, 2.75) is 38.8 Å². The first-order valence-corrected chi connectivity index (χ1v) is 10.1. The molecule has 1 unspecified atom stereocenters. The number of hydrogen-bond donors (Lipinski definition) is 2. The molecule has 0 radical (unpaired) electrons. The molecule has 0 aromatic heterocycles. The highest BCUT2D eigenvalue weighted by molar-refractivity contribution is 6.23. The Balaban J connectivity index is 1.70. The summed E-state index contributed by atoms with van der Waals surface area (Å²) in [5.74, 6) is -2.78. The Hall–Kier alpha value is -3.27. The number of likely N-dealkylation sites (N-methyl/N-ethyl adjacent to an activating group) is 1. The summed E-state index contributed by atoms with van der Waals surface area (Å²) in [7, 11) is 1.64. The van der Waals surface area contributed by atoms with Crippen molar-refractivity contribution < 1.29 is 28.7 Å². The van der Waals surface area contributed by atoms with Gasteiger partial charge < -0.3 is 15.8 Å². The summed E-state index contributed by atoms with van der Waals surface area (Å²) in [6.45, 7) is 3.40. The van der Waals surface area contributed by atoms with Crippen LogP contribution in [0.3, 0.4) is 0 Å². The monoisotopic (exact) mass is 430 g/mol. The van der Waals surface area contributed by atoms with Crippen LogP contribution in [0.5, 0.6) is 0 Å². The van der Waals surface area contributed by atoms with Crippen LogP contribution in [-0.2, 0) is 19.1 Å². The SMILES string of the molecule is CN[C@H](C(=O)OCCN1C(=O)CCC(N2C(=O)c3ccc(N)cc3C2=O)C1=O)C(C)C. The molecular weight excluding hydrogens is 404 g/mol. The number of nitrogens with one attached hydrogen (secondary N) is 1. The van der Waals surface area contributed by atoms with Crippen LogP contribution in [-0.4, -0.2) is 71.7 Å². The van der Waals surface area contributed by atoms with E-state index in [2.05, 4.69) is 5.32 Å². The molecule has 2 aliphatic rings. The van der Waals surface area contributed by atoms with Crippen molar-refractivity contribution >= 4 is 35.3 Å². The first kappa shape index (κ1) is 22.4. The summed E-state index contributed by atoms with van der Waals surface area (Å²) in [6, 6.07) is 2.76. The summed E-state index contributed by atoms with van der Waals surface area (Å²) >= 11 is 0. The molecule has 0 saturated carbocycles. The van der Waals surface area contributed by atoms with Crippen molar-refractivity contribution in [2.24, 2.45) is 5.92 Å². The molecule has 0 aliphatic carbocycles. The highest BCUT2D eigenvalue weighted by Crippen LogP contribution is 2.30. The van der Waals surface area contributed by atoms with E-state index < -0.39 is 41.7 Å². The van der Waals surface area contributed by atoms with Gasteiger partial charge in [0.05, 0.1) is 17.7 Å². The van der Waals surface area contributed by atoms with E-state index in [1.54, 1.807) is 7.05 Å². The van der Waals surface area contributed by atoms with Crippen molar-refractivity contribution in [2.75, 3.05) is 25.9 Å². The van der Waals surface area contributed by atoms with E-state index >= 15 is 0 Å². The molecule has 10 heteroatoms. The van der Waals surface area contributed by atoms with Gasteiger partial charge in [-0.25, -0.2) is 0 Å². The number of fused-ring (bicyclic) bond motifs is 1. The summed E-state index contributed by atoms with van der Waals surface area (Å²) < 4.78 is 5.21. The highest BCUT2D eigenvalue weighted by atomic mass is 16.5. The number of piperidine rings is 1. The van der Waals surface area contributed by atoms with E-state index in [1.165, 1.54) is 18.2 Å². The molecule has 2 heterocycles. The smallest absolute Gasteiger partial charge is 0.323 e. The number of imide groups is 2. The Morgan fingerprint density at radius 3 is 2.52 bits per heavy atom. The predicted octanol–water partition coefficient (Wildman–Crippen LogP) is 0.170. The molecule has 1 saturated heterocycles. The molecule has 0 bridgehead atoms.